The second-order valence-electron chi connectivity index (χ2n) is 6.28. The van der Waals surface area contributed by atoms with E-state index in [-0.39, 0.29) is 5.78 Å². The summed E-state index contributed by atoms with van der Waals surface area (Å²) in [7, 11) is 0. The van der Waals surface area contributed by atoms with E-state index in [1.807, 2.05) is 32.9 Å². The summed E-state index contributed by atoms with van der Waals surface area (Å²) in [6.45, 7) is 9.90. The van der Waals surface area contributed by atoms with Gasteiger partial charge < -0.3 is 4.74 Å². The van der Waals surface area contributed by atoms with Crippen LogP contribution in [0.1, 0.15) is 52.2 Å². The zero-order valence-corrected chi connectivity index (χ0v) is 15.0. The summed E-state index contributed by atoms with van der Waals surface area (Å²) in [5.41, 5.74) is 1.88. The predicted octanol–water partition coefficient (Wildman–Crippen LogP) is 4.94. The zero-order valence-electron chi connectivity index (χ0n) is 13.4. The summed E-state index contributed by atoms with van der Waals surface area (Å²) in [6.07, 6.45) is 3.73. The second-order valence-corrected chi connectivity index (χ2v) is 7.20. The lowest BCUT2D eigenvalue weighted by Crippen LogP contribution is -2.30. The van der Waals surface area contributed by atoms with E-state index in [1.165, 1.54) is 5.56 Å². The van der Waals surface area contributed by atoms with Crippen molar-refractivity contribution >= 4 is 27.8 Å². The Morgan fingerprint density at radius 2 is 1.90 bits per heavy atom. The molecule has 2 nitrogen and oxygen atoms in total. The number of benzene rings is 1. The number of hydrogen-bond donors (Lipinski definition) is 0. The van der Waals surface area contributed by atoms with Crippen molar-refractivity contribution in [2.45, 2.75) is 58.7 Å². The number of carbonyl (C=O) groups excluding carboxylic acids is 1. The molecular formula is C18H23BrO2. The van der Waals surface area contributed by atoms with Crippen molar-refractivity contribution in [1.29, 1.82) is 0 Å². The number of aryl methyl sites for hydroxylation is 1. The van der Waals surface area contributed by atoms with Gasteiger partial charge in [0.2, 0.25) is 0 Å². The molecule has 0 amide bonds. The van der Waals surface area contributed by atoms with Gasteiger partial charge in [-0.3, -0.25) is 4.79 Å². The van der Waals surface area contributed by atoms with Crippen molar-refractivity contribution in [3.05, 3.63) is 39.4 Å². The van der Waals surface area contributed by atoms with Gasteiger partial charge in [0.25, 0.3) is 0 Å². The Hall–Kier alpha value is -0.930. The van der Waals surface area contributed by atoms with Gasteiger partial charge in [-0.15, -0.1) is 0 Å². The summed E-state index contributed by atoms with van der Waals surface area (Å²) >= 11 is 3.50. The van der Waals surface area contributed by atoms with Gasteiger partial charge in [-0.05, 0) is 62.9 Å². The Morgan fingerprint density at radius 3 is 2.48 bits per heavy atom. The van der Waals surface area contributed by atoms with Gasteiger partial charge in [0.05, 0.1) is 5.60 Å². The molecule has 1 unspecified atom stereocenters. The van der Waals surface area contributed by atoms with Gasteiger partial charge in [0, 0.05) is 10.0 Å². The van der Waals surface area contributed by atoms with Gasteiger partial charge in [0.15, 0.2) is 5.78 Å². The highest BCUT2D eigenvalue weighted by Crippen LogP contribution is 2.42. The summed E-state index contributed by atoms with van der Waals surface area (Å²) in [5.74, 6) is 0.0943. The van der Waals surface area contributed by atoms with E-state index in [4.69, 9.17) is 4.74 Å². The normalized spacial score (nSPS) is 26.6. The van der Waals surface area contributed by atoms with Gasteiger partial charge in [-0.1, -0.05) is 35.8 Å². The molecule has 1 aliphatic rings. The van der Waals surface area contributed by atoms with Crippen molar-refractivity contribution in [2.75, 3.05) is 0 Å². The van der Waals surface area contributed by atoms with E-state index in [0.717, 1.165) is 28.5 Å². The van der Waals surface area contributed by atoms with E-state index >= 15 is 0 Å². The molecule has 1 saturated heterocycles. The Balaban J connectivity index is 2.55. The van der Waals surface area contributed by atoms with Crippen LogP contribution in [-0.4, -0.2) is 17.0 Å². The fraction of sp³-hybridized carbons (Fsp3) is 0.500. The average Bonchev–Trinajstić information content (AvgIpc) is 2.60. The van der Waals surface area contributed by atoms with E-state index < -0.39 is 11.2 Å². The first-order valence-corrected chi connectivity index (χ1v) is 8.28. The minimum Gasteiger partial charge on any atom is -0.356 e. The predicted molar refractivity (Wildman–Crippen MR) is 90.4 cm³/mol. The number of ketones is 1. The molecule has 21 heavy (non-hydrogen) atoms. The van der Waals surface area contributed by atoms with Crippen molar-refractivity contribution in [1.82, 2.24) is 0 Å². The van der Waals surface area contributed by atoms with E-state index in [0.29, 0.717) is 0 Å². The van der Waals surface area contributed by atoms with Crippen LogP contribution in [0.15, 0.2) is 28.2 Å². The fourth-order valence-electron chi connectivity index (χ4n) is 2.89. The van der Waals surface area contributed by atoms with E-state index in [1.54, 1.807) is 0 Å². The van der Waals surface area contributed by atoms with Crippen LogP contribution in [0.3, 0.4) is 0 Å². The minimum absolute atomic E-state index is 0.0943. The van der Waals surface area contributed by atoms with Crippen molar-refractivity contribution < 1.29 is 9.53 Å². The maximum absolute atomic E-state index is 12.7. The molecule has 0 aliphatic carbocycles. The molecule has 1 atom stereocenters. The number of Topliss-reactive ketones (excluding diaryl/α,β-unsaturated/α-hetero) is 1. The molecule has 1 heterocycles. The fourth-order valence-corrected chi connectivity index (χ4v) is 3.30. The largest absolute Gasteiger partial charge is 0.356 e. The minimum atomic E-state index is -0.738. The van der Waals surface area contributed by atoms with Crippen molar-refractivity contribution in [2.24, 2.45) is 0 Å². The molecule has 0 bridgehead atoms. The van der Waals surface area contributed by atoms with Crippen LogP contribution in [0.4, 0.5) is 0 Å². The monoisotopic (exact) mass is 350 g/mol. The molecule has 0 N–H and O–H groups in total. The average molecular weight is 351 g/mol. The van der Waals surface area contributed by atoms with Crippen LogP contribution in [0.5, 0.6) is 0 Å². The number of halogens is 1. The highest BCUT2D eigenvalue weighted by atomic mass is 79.9. The van der Waals surface area contributed by atoms with Crippen LogP contribution in [0, 0.1) is 0 Å². The Labute approximate surface area is 135 Å². The molecule has 1 aromatic carbocycles. The van der Waals surface area contributed by atoms with Crippen LogP contribution < -0.4 is 0 Å². The van der Waals surface area contributed by atoms with Crippen LogP contribution in [0.25, 0.3) is 6.08 Å². The lowest BCUT2D eigenvalue weighted by molar-refractivity contribution is -0.133. The second kappa shape index (κ2) is 5.69. The molecule has 1 aromatic rings. The lowest BCUT2D eigenvalue weighted by atomic mass is 9.87. The molecular weight excluding hydrogens is 328 g/mol. The van der Waals surface area contributed by atoms with Crippen LogP contribution in [-0.2, 0) is 16.0 Å². The Kier molecular flexibility index (Phi) is 4.46. The first-order chi connectivity index (χ1) is 9.73. The summed E-state index contributed by atoms with van der Waals surface area (Å²) in [6, 6.07) is 6.19. The zero-order chi connectivity index (χ0) is 15.8. The molecule has 0 aromatic heterocycles. The van der Waals surface area contributed by atoms with Gasteiger partial charge >= 0.3 is 0 Å². The summed E-state index contributed by atoms with van der Waals surface area (Å²) < 4.78 is 7.12. The number of hydrogen-bond acceptors (Lipinski definition) is 2. The molecule has 1 fully saturated rings. The molecule has 2 rings (SSSR count). The van der Waals surface area contributed by atoms with Crippen molar-refractivity contribution in [3.8, 4) is 0 Å². The lowest BCUT2D eigenvalue weighted by Gasteiger charge is -2.25. The third-order valence-electron chi connectivity index (χ3n) is 4.30. The molecule has 0 saturated carbocycles. The molecule has 1 aliphatic heterocycles. The van der Waals surface area contributed by atoms with Gasteiger partial charge in [0.1, 0.15) is 5.60 Å². The maximum atomic E-state index is 12.7. The smallest absolute Gasteiger partial charge is 0.192 e. The van der Waals surface area contributed by atoms with Gasteiger partial charge in [-0.2, -0.15) is 0 Å². The number of rotatable bonds is 3. The number of carbonyl (C=O) groups is 1. The highest BCUT2D eigenvalue weighted by Gasteiger charge is 2.50. The first-order valence-electron chi connectivity index (χ1n) is 7.49. The third kappa shape index (κ3) is 3.00. The maximum Gasteiger partial charge on any atom is 0.192 e. The van der Waals surface area contributed by atoms with Crippen molar-refractivity contribution in [3.63, 3.8) is 0 Å². The van der Waals surface area contributed by atoms with Crippen LogP contribution in [0.2, 0.25) is 0 Å². The molecule has 0 spiro atoms. The molecule has 114 valence electrons. The summed E-state index contributed by atoms with van der Waals surface area (Å²) in [5, 5.41) is 0. The van der Waals surface area contributed by atoms with Gasteiger partial charge in [-0.25, -0.2) is 0 Å². The quantitative estimate of drug-likeness (QED) is 0.721. The third-order valence-corrected chi connectivity index (χ3v) is 4.80. The standard InChI is InChI=1S/C18H23BrO2/c1-6-12-10-14(19)9-8-13(12)11-15-16(20)17(3,4)21-18(15,5)7-2/h8-11H,6-7H2,1-5H3. The Bertz CT molecular complexity index is 601. The molecule has 3 heteroatoms. The molecule has 0 radical (unpaired) electrons. The highest BCUT2D eigenvalue weighted by molar-refractivity contribution is 9.10. The van der Waals surface area contributed by atoms with E-state index in [2.05, 4.69) is 41.9 Å². The Morgan fingerprint density at radius 1 is 1.24 bits per heavy atom. The summed E-state index contributed by atoms with van der Waals surface area (Å²) in [4.78, 5) is 12.7. The first kappa shape index (κ1) is 16.4. The number of ether oxygens (including phenoxy) is 1. The SMILES string of the molecule is CCc1cc(Br)ccc1C=C1C(=O)C(C)(C)OC1(C)CC. The van der Waals surface area contributed by atoms with E-state index in [9.17, 15) is 4.79 Å². The van der Waals surface area contributed by atoms with Crippen LogP contribution >= 0.6 is 15.9 Å². The topological polar surface area (TPSA) is 26.3 Å².